The summed E-state index contributed by atoms with van der Waals surface area (Å²) in [7, 11) is 0. The minimum atomic E-state index is -0.114. The fourth-order valence-corrected chi connectivity index (χ4v) is 2.96. The van der Waals surface area contributed by atoms with Crippen LogP contribution in [0.2, 0.25) is 0 Å². The summed E-state index contributed by atoms with van der Waals surface area (Å²) < 4.78 is 1.79. The third-order valence-corrected chi connectivity index (χ3v) is 4.27. The van der Waals surface area contributed by atoms with E-state index in [1.807, 2.05) is 60.7 Å². The molecule has 0 spiro atoms. The van der Waals surface area contributed by atoms with Crippen molar-refractivity contribution in [3.63, 3.8) is 0 Å². The number of nitrogens with one attached hydrogen (secondary N) is 1. The number of anilines is 1. The van der Waals surface area contributed by atoms with Crippen molar-refractivity contribution >= 4 is 17.2 Å². The molecule has 0 aliphatic heterocycles. The monoisotopic (exact) mass is 358 g/mol. The second-order valence-electron chi connectivity index (χ2n) is 6.25. The van der Waals surface area contributed by atoms with E-state index < -0.39 is 0 Å². The predicted octanol–water partition coefficient (Wildman–Crippen LogP) is 3.51. The predicted molar refractivity (Wildman–Crippen MR) is 104 cm³/mol. The number of fused-ring (bicyclic) bond motifs is 1. The number of nitrogens with zero attached hydrogens (tertiary/aromatic N) is 3. The number of imidazole rings is 1. The van der Waals surface area contributed by atoms with E-state index in [1.54, 1.807) is 10.7 Å². The largest absolute Gasteiger partial charge is 0.392 e. The van der Waals surface area contributed by atoms with Gasteiger partial charge in [-0.1, -0.05) is 36.4 Å². The first-order chi connectivity index (χ1) is 13.1. The lowest BCUT2D eigenvalue weighted by Gasteiger charge is -2.07. The summed E-state index contributed by atoms with van der Waals surface area (Å²) >= 11 is 0. The highest BCUT2D eigenvalue weighted by atomic mass is 16.3. The van der Waals surface area contributed by atoms with Gasteiger partial charge in [0.25, 0.3) is 0 Å². The third-order valence-electron chi connectivity index (χ3n) is 4.27. The molecule has 0 atom stereocenters. The van der Waals surface area contributed by atoms with E-state index >= 15 is 0 Å². The van der Waals surface area contributed by atoms with Gasteiger partial charge in [0.1, 0.15) is 0 Å². The van der Waals surface area contributed by atoms with Crippen molar-refractivity contribution in [1.29, 1.82) is 0 Å². The fraction of sp³-hybridized carbons (Fsp3) is 0.0952. The molecule has 0 radical (unpaired) electrons. The Balaban J connectivity index is 1.77. The van der Waals surface area contributed by atoms with Crippen molar-refractivity contribution in [2.24, 2.45) is 0 Å². The smallest absolute Gasteiger partial charge is 0.221 e. The standard InChI is InChI=1S/C21H18N4O2/c1-14(27)23-18-4-2-3-17(11-18)20-12-22-21-10-9-19(24-25(20)21)16-7-5-15(13-26)6-8-16/h2-12,26H,13H2,1H3,(H,23,27). The Kier molecular flexibility index (Phi) is 4.40. The highest BCUT2D eigenvalue weighted by Crippen LogP contribution is 2.25. The van der Waals surface area contributed by atoms with E-state index in [4.69, 9.17) is 5.10 Å². The molecule has 1 amide bonds. The Morgan fingerprint density at radius 3 is 2.63 bits per heavy atom. The molecule has 0 unspecified atom stereocenters. The number of aromatic nitrogens is 3. The molecule has 0 bridgehead atoms. The van der Waals surface area contributed by atoms with Crippen molar-refractivity contribution in [2.75, 3.05) is 5.32 Å². The lowest BCUT2D eigenvalue weighted by Crippen LogP contribution is -2.05. The Labute approximate surface area is 156 Å². The minimum absolute atomic E-state index is 0.0169. The summed E-state index contributed by atoms with van der Waals surface area (Å²) in [5, 5.41) is 16.7. The number of aliphatic hydroxyl groups excluding tert-OH is 1. The Morgan fingerprint density at radius 2 is 1.89 bits per heavy atom. The minimum Gasteiger partial charge on any atom is -0.392 e. The van der Waals surface area contributed by atoms with Gasteiger partial charge >= 0.3 is 0 Å². The van der Waals surface area contributed by atoms with Gasteiger partial charge in [0.15, 0.2) is 5.65 Å². The Morgan fingerprint density at radius 1 is 1.07 bits per heavy atom. The zero-order valence-electron chi connectivity index (χ0n) is 14.8. The second kappa shape index (κ2) is 7.01. The summed E-state index contributed by atoms with van der Waals surface area (Å²) in [4.78, 5) is 15.7. The zero-order valence-corrected chi connectivity index (χ0v) is 14.8. The number of benzene rings is 2. The van der Waals surface area contributed by atoms with Crippen molar-refractivity contribution in [1.82, 2.24) is 14.6 Å². The number of aliphatic hydroxyl groups is 1. The van der Waals surface area contributed by atoms with Gasteiger partial charge in [-0.25, -0.2) is 9.50 Å². The molecule has 0 saturated carbocycles. The van der Waals surface area contributed by atoms with Crippen LogP contribution in [-0.2, 0) is 11.4 Å². The van der Waals surface area contributed by atoms with Crippen LogP contribution in [0, 0.1) is 0 Å². The maximum Gasteiger partial charge on any atom is 0.221 e. The van der Waals surface area contributed by atoms with Gasteiger partial charge in [0.2, 0.25) is 5.91 Å². The molecule has 2 aromatic heterocycles. The quantitative estimate of drug-likeness (QED) is 0.585. The molecule has 134 valence electrons. The maximum atomic E-state index is 11.3. The highest BCUT2D eigenvalue weighted by Gasteiger charge is 2.10. The van der Waals surface area contributed by atoms with E-state index in [1.165, 1.54) is 6.92 Å². The molecule has 6 heteroatoms. The lowest BCUT2D eigenvalue weighted by atomic mass is 10.1. The Hall–Kier alpha value is -3.51. The molecule has 0 aliphatic rings. The lowest BCUT2D eigenvalue weighted by molar-refractivity contribution is -0.114. The van der Waals surface area contributed by atoms with E-state index in [2.05, 4.69) is 10.3 Å². The molecule has 4 rings (SSSR count). The molecule has 2 heterocycles. The molecule has 0 fully saturated rings. The zero-order chi connectivity index (χ0) is 18.8. The van der Waals surface area contributed by atoms with Crippen LogP contribution in [0.5, 0.6) is 0 Å². The first-order valence-corrected chi connectivity index (χ1v) is 8.57. The molecule has 6 nitrogen and oxygen atoms in total. The van der Waals surface area contributed by atoms with E-state index in [-0.39, 0.29) is 12.5 Å². The van der Waals surface area contributed by atoms with Gasteiger partial charge < -0.3 is 10.4 Å². The van der Waals surface area contributed by atoms with Crippen molar-refractivity contribution in [2.45, 2.75) is 13.5 Å². The van der Waals surface area contributed by atoms with Crippen LogP contribution < -0.4 is 5.32 Å². The van der Waals surface area contributed by atoms with Crippen molar-refractivity contribution in [3.05, 3.63) is 72.4 Å². The SMILES string of the molecule is CC(=O)Nc1cccc(-c2cnc3ccc(-c4ccc(CO)cc4)nn23)c1. The first-order valence-electron chi connectivity index (χ1n) is 8.57. The number of amides is 1. The molecular formula is C21H18N4O2. The number of hydrogen-bond donors (Lipinski definition) is 2. The van der Waals surface area contributed by atoms with Crippen molar-refractivity contribution < 1.29 is 9.90 Å². The average Bonchev–Trinajstić information content (AvgIpc) is 3.11. The van der Waals surface area contributed by atoms with Gasteiger partial charge in [-0.3, -0.25) is 4.79 Å². The summed E-state index contributed by atoms with van der Waals surface area (Å²) in [6, 6.07) is 19.1. The summed E-state index contributed by atoms with van der Waals surface area (Å²) in [5.74, 6) is -0.114. The molecule has 2 N–H and O–H groups in total. The van der Waals surface area contributed by atoms with Gasteiger partial charge in [-0.05, 0) is 29.8 Å². The topological polar surface area (TPSA) is 79.5 Å². The van der Waals surface area contributed by atoms with Crippen LogP contribution in [0.15, 0.2) is 66.9 Å². The summed E-state index contributed by atoms with van der Waals surface area (Å²) in [5.41, 5.74) is 5.85. The average molecular weight is 358 g/mol. The van der Waals surface area contributed by atoms with Crippen LogP contribution in [0.4, 0.5) is 5.69 Å². The summed E-state index contributed by atoms with van der Waals surface area (Å²) in [6.07, 6.45) is 1.77. The van der Waals surface area contributed by atoms with Crippen LogP contribution in [0.25, 0.3) is 28.2 Å². The van der Waals surface area contributed by atoms with Gasteiger partial charge in [0.05, 0.1) is 24.2 Å². The van der Waals surface area contributed by atoms with E-state index in [9.17, 15) is 9.90 Å². The molecule has 0 aliphatic carbocycles. The second-order valence-corrected chi connectivity index (χ2v) is 6.25. The van der Waals surface area contributed by atoms with Gasteiger partial charge in [0, 0.05) is 23.7 Å². The number of hydrogen-bond acceptors (Lipinski definition) is 4. The fourth-order valence-electron chi connectivity index (χ4n) is 2.96. The molecule has 2 aromatic carbocycles. The first kappa shape index (κ1) is 16.9. The number of rotatable bonds is 4. The van der Waals surface area contributed by atoms with Crippen molar-refractivity contribution in [3.8, 4) is 22.5 Å². The van der Waals surface area contributed by atoms with E-state index in [0.717, 1.165) is 39.4 Å². The van der Waals surface area contributed by atoms with E-state index in [0.29, 0.717) is 0 Å². The number of carbonyl (C=O) groups is 1. The highest BCUT2D eigenvalue weighted by molar-refractivity contribution is 5.89. The van der Waals surface area contributed by atoms with Gasteiger partial charge in [-0.2, -0.15) is 5.10 Å². The summed E-state index contributed by atoms with van der Waals surface area (Å²) in [6.45, 7) is 1.50. The third kappa shape index (κ3) is 3.43. The maximum absolute atomic E-state index is 11.3. The molecule has 0 saturated heterocycles. The van der Waals surface area contributed by atoms with Crippen LogP contribution in [0.3, 0.4) is 0 Å². The molecule has 4 aromatic rings. The Bertz CT molecular complexity index is 1120. The van der Waals surface area contributed by atoms with Crippen LogP contribution in [-0.4, -0.2) is 25.6 Å². The molecule has 27 heavy (non-hydrogen) atoms. The van der Waals surface area contributed by atoms with Gasteiger partial charge in [-0.15, -0.1) is 0 Å². The normalized spacial score (nSPS) is 10.9. The van der Waals surface area contributed by atoms with Crippen LogP contribution >= 0.6 is 0 Å². The van der Waals surface area contributed by atoms with Crippen LogP contribution in [0.1, 0.15) is 12.5 Å². The molecular weight excluding hydrogens is 340 g/mol. The number of carbonyl (C=O) groups excluding carboxylic acids is 1.